The molecular weight excluding hydrogens is 280 g/mol. The van der Waals surface area contributed by atoms with Gasteiger partial charge in [0, 0.05) is 6.42 Å². The van der Waals surface area contributed by atoms with Gasteiger partial charge in [-0.2, -0.15) is 0 Å². The van der Waals surface area contributed by atoms with Crippen molar-refractivity contribution in [3.63, 3.8) is 0 Å². The summed E-state index contributed by atoms with van der Waals surface area (Å²) < 4.78 is 0. The van der Waals surface area contributed by atoms with Crippen molar-refractivity contribution in [2.75, 3.05) is 5.32 Å². The van der Waals surface area contributed by atoms with Crippen LogP contribution in [0.3, 0.4) is 0 Å². The van der Waals surface area contributed by atoms with Crippen LogP contribution >= 0.6 is 0 Å². The topological polar surface area (TPSA) is 78.4 Å². The molecule has 0 spiro atoms. The highest BCUT2D eigenvalue weighted by Crippen LogP contribution is 2.23. The summed E-state index contributed by atoms with van der Waals surface area (Å²) in [4.78, 5) is 24.7. The number of hydrogen-bond donors (Lipinski definition) is 3. The van der Waals surface area contributed by atoms with Crippen molar-refractivity contribution < 1.29 is 14.7 Å². The van der Waals surface area contributed by atoms with Gasteiger partial charge in [0.15, 0.2) is 0 Å². The van der Waals surface area contributed by atoms with Crippen molar-refractivity contribution in [1.82, 2.24) is 5.32 Å². The highest BCUT2D eigenvalue weighted by atomic mass is 16.3. The second-order valence-corrected chi connectivity index (χ2v) is 5.38. The maximum absolute atomic E-state index is 12.4. The van der Waals surface area contributed by atoms with Crippen molar-refractivity contribution >= 4 is 17.5 Å². The molecule has 5 heteroatoms. The van der Waals surface area contributed by atoms with Gasteiger partial charge in [-0.3, -0.25) is 9.59 Å². The van der Waals surface area contributed by atoms with E-state index in [1.165, 1.54) is 0 Å². The highest BCUT2D eigenvalue weighted by molar-refractivity contribution is 6.10. The Morgan fingerprint density at radius 3 is 2.55 bits per heavy atom. The molecule has 5 nitrogen and oxygen atoms in total. The fourth-order valence-corrected chi connectivity index (χ4v) is 2.60. The van der Waals surface area contributed by atoms with Crippen LogP contribution in [0.25, 0.3) is 0 Å². The Hall–Kier alpha value is -2.82. The van der Waals surface area contributed by atoms with Crippen LogP contribution in [-0.2, 0) is 11.2 Å². The van der Waals surface area contributed by atoms with E-state index >= 15 is 0 Å². The molecule has 2 aromatic carbocycles. The van der Waals surface area contributed by atoms with E-state index in [1.54, 1.807) is 30.3 Å². The second kappa shape index (κ2) is 5.52. The van der Waals surface area contributed by atoms with Gasteiger partial charge in [0.25, 0.3) is 5.91 Å². The molecule has 3 rings (SSSR count). The average molecular weight is 296 g/mol. The van der Waals surface area contributed by atoms with Crippen LogP contribution in [0.15, 0.2) is 42.5 Å². The first-order chi connectivity index (χ1) is 10.5. The lowest BCUT2D eigenvalue weighted by Crippen LogP contribution is -2.42. The summed E-state index contributed by atoms with van der Waals surface area (Å²) in [6.45, 7) is 1.84. The molecule has 0 aromatic heterocycles. The third kappa shape index (κ3) is 2.65. The van der Waals surface area contributed by atoms with Gasteiger partial charge < -0.3 is 15.7 Å². The van der Waals surface area contributed by atoms with E-state index < -0.39 is 6.04 Å². The van der Waals surface area contributed by atoms with Crippen LogP contribution in [-0.4, -0.2) is 23.0 Å². The third-order valence-electron chi connectivity index (χ3n) is 3.76. The Balaban J connectivity index is 1.87. The summed E-state index contributed by atoms with van der Waals surface area (Å²) in [5.41, 5.74) is 2.72. The smallest absolute Gasteiger partial charge is 0.254 e. The maximum Gasteiger partial charge on any atom is 0.254 e. The molecule has 0 radical (unpaired) electrons. The van der Waals surface area contributed by atoms with Crippen LogP contribution < -0.4 is 10.6 Å². The standard InChI is InChI=1S/C17H16N2O3/c1-10-3-2-4-13-15(10)17(22)19-14(16(21)18-13)9-11-5-7-12(20)8-6-11/h2-8,14,20H,9H2,1H3,(H,18,21)(H,19,22)/t14-/m0/s1. The first kappa shape index (κ1) is 14.1. The number of phenols is 1. The van der Waals surface area contributed by atoms with E-state index in [-0.39, 0.29) is 17.6 Å². The van der Waals surface area contributed by atoms with Crippen LogP contribution in [0, 0.1) is 6.92 Å². The number of phenolic OH excluding ortho intramolecular Hbond substituents is 1. The first-order valence-corrected chi connectivity index (χ1v) is 7.04. The molecular formula is C17H16N2O3. The first-order valence-electron chi connectivity index (χ1n) is 7.04. The third-order valence-corrected chi connectivity index (χ3v) is 3.76. The molecule has 0 saturated carbocycles. The number of amides is 2. The molecule has 1 aliphatic rings. The van der Waals surface area contributed by atoms with E-state index in [0.717, 1.165) is 11.1 Å². The molecule has 1 aliphatic heterocycles. The molecule has 0 unspecified atom stereocenters. The van der Waals surface area contributed by atoms with Crippen molar-refractivity contribution in [2.24, 2.45) is 0 Å². The molecule has 1 atom stereocenters. The van der Waals surface area contributed by atoms with Crippen molar-refractivity contribution in [1.29, 1.82) is 0 Å². The van der Waals surface area contributed by atoms with Crippen molar-refractivity contribution in [3.8, 4) is 5.75 Å². The van der Waals surface area contributed by atoms with E-state index in [9.17, 15) is 14.7 Å². The zero-order valence-electron chi connectivity index (χ0n) is 12.1. The minimum atomic E-state index is -0.649. The zero-order chi connectivity index (χ0) is 15.7. The van der Waals surface area contributed by atoms with Crippen molar-refractivity contribution in [3.05, 3.63) is 59.2 Å². The van der Waals surface area contributed by atoms with Gasteiger partial charge in [-0.15, -0.1) is 0 Å². The molecule has 1 heterocycles. The van der Waals surface area contributed by atoms with E-state index in [2.05, 4.69) is 10.6 Å². The summed E-state index contributed by atoms with van der Waals surface area (Å²) >= 11 is 0. The summed E-state index contributed by atoms with van der Waals surface area (Å²) in [5, 5.41) is 14.9. The SMILES string of the molecule is Cc1cccc2c1C(=O)N[C@@H](Cc1ccc(O)cc1)C(=O)N2. The van der Waals surface area contributed by atoms with Crippen molar-refractivity contribution in [2.45, 2.75) is 19.4 Å². The van der Waals surface area contributed by atoms with Crippen LogP contribution in [0.5, 0.6) is 5.75 Å². The number of nitrogens with one attached hydrogen (secondary N) is 2. The minimum Gasteiger partial charge on any atom is -0.508 e. The number of aryl methyl sites for hydroxylation is 1. The predicted octanol–water partition coefficient (Wildman–Crippen LogP) is 1.99. The molecule has 0 fully saturated rings. The number of hydrogen-bond acceptors (Lipinski definition) is 3. The number of aromatic hydroxyl groups is 1. The average Bonchev–Trinajstić information content (AvgIpc) is 2.59. The fraction of sp³-hybridized carbons (Fsp3) is 0.176. The number of carbonyl (C=O) groups is 2. The van der Waals surface area contributed by atoms with Crippen LogP contribution in [0.2, 0.25) is 0 Å². The van der Waals surface area contributed by atoms with Gasteiger partial charge in [-0.1, -0.05) is 24.3 Å². The van der Waals surface area contributed by atoms with Crippen LogP contribution in [0.4, 0.5) is 5.69 Å². The maximum atomic E-state index is 12.4. The number of fused-ring (bicyclic) bond motifs is 1. The summed E-state index contributed by atoms with van der Waals surface area (Å²) in [5.74, 6) is -0.331. The lowest BCUT2D eigenvalue weighted by Gasteiger charge is -2.14. The van der Waals surface area contributed by atoms with Gasteiger partial charge in [-0.05, 0) is 36.2 Å². The fourth-order valence-electron chi connectivity index (χ4n) is 2.60. The Kier molecular flexibility index (Phi) is 3.55. The molecule has 2 amide bonds. The molecule has 0 aliphatic carbocycles. The molecule has 22 heavy (non-hydrogen) atoms. The molecule has 3 N–H and O–H groups in total. The summed E-state index contributed by atoms with van der Waals surface area (Å²) in [6.07, 6.45) is 0.366. The number of benzene rings is 2. The Morgan fingerprint density at radius 1 is 1.09 bits per heavy atom. The van der Waals surface area contributed by atoms with E-state index in [4.69, 9.17) is 0 Å². The van der Waals surface area contributed by atoms with Gasteiger partial charge in [0.05, 0.1) is 11.3 Å². The Labute approximate surface area is 128 Å². The van der Waals surface area contributed by atoms with Gasteiger partial charge in [0.2, 0.25) is 5.91 Å². The predicted molar refractivity (Wildman–Crippen MR) is 82.9 cm³/mol. The number of rotatable bonds is 2. The Morgan fingerprint density at radius 2 is 1.82 bits per heavy atom. The second-order valence-electron chi connectivity index (χ2n) is 5.38. The number of anilines is 1. The zero-order valence-corrected chi connectivity index (χ0v) is 12.1. The van der Waals surface area contributed by atoms with Gasteiger partial charge in [-0.25, -0.2) is 0 Å². The lowest BCUT2D eigenvalue weighted by molar-refractivity contribution is -0.117. The van der Waals surface area contributed by atoms with Crippen LogP contribution in [0.1, 0.15) is 21.5 Å². The monoisotopic (exact) mass is 296 g/mol. The molecule has 0 bridgehead atoms. The molecule has 2 aromatic rings. The lowest BCUT2D eigenvalue weighted by atomic mass is 10.0. The van der Waals surface area contributed by atoms with Gasteiger partial charge >= 0.3 is 0 Å². The molecule has 112 valence electrons. The van der Waals surface area contributed by atoms with E-state index in [0.29, 0.717) is 17.7 Å². The summed E-state index contributed by atoms with van der Waals surface area (Å²) in [6, 6.07) is 11.3. The number of carbonyl (C=O) groups excluding carboxylic acids is 2. The largest absolute Gasteiger partial charge is 0.508 e. The highest BCUT2D eigenvalue weighted by Gasteiger charge is 2.28. The quantitative estimate of drug-likeness (QED) is 0.793. The van der Waals surface area contributed by atoms with Gasteiger partial charge in [0.1, 0.15) is 11.8 Å². The minimum absolute atomic E-state index is 0.168. The normalized spacial score (nSPS) is 17.2. The molecule has 0 saturated heterocycles. The van der Waals surface area contributed by atoms with E-state index in [1.807, 2.05) is 19.1 Å². The Bertz CT molecular complexity index is 738. The summed E-state index contributed by atoms with van der Waals surface area (Å²) in [7, 11) is 0.